The van der Waals surface area contributed by atoms with Gasteiger partial charge in [-0.3, -0.25) is 0 Å². The van der Waals surface area contributed by atoms with Gasteiger partial charge in [-0.05, 0) is 0 Å². The number of hydrogen-bond acceptors (Lipinski definition) is 0. The van der Waals surface area contributed by atoms with Crippen molar-refractivity contribution in [3.63, 3.8) is 0 Å². The molecular formula is C8H10Pb. The molecular weight excluding hydrogens is 303 g/mol. The van der Waals surface area contributed by atoms with E-state index in [1.54, 1.807) is 3.13 Å². The second-order valence-corrected chi connectivity index (χ2v) is 7.44. The molecule has 1 heteroatoms. The van der Waals surface area contributed by atoms with E-state index in [4.69, 9.17) is 0 Å². The Balaban J connectivity index is 2.81. The van der Waals surface area contributed by atoms with E-state index in [0.717, 1.165) is 0 Å². The van der Waals surface area contributed by atoms with Gasteiger partial charge in [0.2, 0.25) is 0 Å². The molecule has 9 heavy (non-hydrogen) atoms. The van der Waals surface area contributed by atoms with Crippen molar-refractivity contribution >= 4 is 24.2 Å². The zero-order valence-corrected chi connectivity index (χ0v) is 9.37. The number of hydrogen-bond donors (Lipinski definition) is 0. The molecule has 0 N–H and O–H groups in total. The topological polar surface area (TPSA) is 0 Å². The van der Waals surface area contributed by atoms with Crippen molar-refractivity contribution in [1.29, 1.82) is 0 Å². The van der Waals surface area contributed by atoms with E-state index in [1.165, 1.54) is 16.0 Å². The van der Waals surface area contributed by atoms with Gasteiger partial charge >= 0.3 is 68.7 Å². The summed E-state index contributed by atoms with van der Waals surface area (Å²) in [6.45, 7) is 7.55. The maximum atomic E-state index is 3.78. The maximum absolute atomic E-state index is 3.78. The fourth-order valence-corrected chi connectivity index (χ4v) is 5.90. The van der Waals surface area contributed by atoms with E-state index in [1.807, 2.05) is 12.2 Å². The molecule has 0 amide bonds. The molecule has 0 bridgehead atoms. The van der Waals surface area contributed by atoms with Crippen molar-refractivity contribution in [3.8, 4) is 0 Å². The van der Waals surface area contributed by atoms with Crippen LogP contribution in [0.25, 0.3) is 0 Å². The predicted octanol–water partition coefficient (Wildman–Crippen LogP) is 2.14. The summed E-state index contributed by atoms with van der Waals surface area (Å²) in [4.78, 5) is 0. The van der Waals surface area contributed by atoms with Crippen LogP contribution in [0.5, 0.6) is 0 Å². The van der Waals surface area contributed by atoms with Gasteiger partial charge in [-0.1, -0.05) is 0 Å². The van der Waals surface area contributed by atoms with Crippen molar-refractivity contribution in [3.05, 3.63) is 34.0 Å². The monoisotopic (exact) mass is 314 g/mol. The molecule has 1 aliphatic heterocycles. The fourth-order valence-electron chi connectivity index (χ4n) is 0.995. The molecule has 0 aromatic carbocycles. The van der Waals surface area contributed by atoms with Gasteiger partial charge in [-0.15, -0.1) is 0 Å². The van der Waals surface area contributed by atoms with Gasteiger partial charge in [0.15, 0.2) is 0 Å². The van der Waals surface area contributed by atoms with Crippen molar-refractivity contribution in [2.75, 3.05) is 0 Å². The summed E-state index contributed by atoms with van der Waals surface area (Å²) in [5.74, 6) is 0. The molecule has 46 valence electrons. The molecule has 0 atom stereocenters. The van der Waals surface area contributed by atoms with Crippen LogP contribution in [0.15, 0.2) is 34.0 Å². The van der Waals surface area contributed by atoms with Crippen LogP contribution in [0.4, 0.5) is 0 Å². The Morgan fingerprint density at radius 2 is 2.11 bits per heavy atom. The first-order chi connectivity index (χ1) is 4.38. The quantitative estimate of drug-likeness (QED) is 0.685. The van der Waals surface area contributed by atoms with Crippen LogP contribution in [-0.4, -0.2) is 24.2 Å². The Morgan fingerprint density at radius 1 is 1.33 bits per heavy atom. The molecule has 0 saturated heterocycles. The first-order valence-corrected chi connectivity index (χ1v) is 7.79. The number of rotatable bonds is 2. The van der Waals surface area contributed by atoms with Crippen LogP contribution >= 0.6 is 0 Å². The average Bonchev–Trinajstić information content (AvgIpc) is 2.33. The minimum absolute atomic E-state index is 0.355. The van der Waals surface area contributed by atoms with E-state index in [9.17, 15) is 0 Å². The van der Waals surface area contributed by atoms with Crippen LogP contribution < -0.4 is 0 Å². The molecule has 0 aromatic heterocycles. The summed E-state index contributed by atoms with van der Waals surface area (Å²) in [5, 5.41) is 0. The van der Waals surface area contributed by atoms with E-state index >= 15 is 0 Å². The fraction of sp³-hybridized carbons (Fsp3) is 0.250. The van der Waals surface area contributed by atoms with E-state index in [0.29, 0.717) is 0 Å². The van der Waals surface area contributed by atoms with Crippen molar-refractivity contribution < 1.29 is 0 Å². The molecule has 1 heterocycles. The molecule has 0 aromatic rings. The molecule has 0 nitrogen and oxygen atoms in total. The van der Waals surface area contributed by atoms with Crippen LogP contribution in [0.1, 0.15) is 6.42 Å². The van der Waals surface area contributed by atoms with Gasteiger partial charge in [0.05, 0.1) is 0 Å². The minimum atomic E-state index is -0.355. The first kappa shape index (κ1) is 7.25. The zero-order valence-electron chi connectivity index (χ0n) is 5.48. The van der Waals surface area contributed by atoms with Crippen LogP contribution in [-0.2, 0) is 0 Å². The van der Waals surface area contributed by atoms with Gasteiger partial charge in [0, 0.05) is 0 Å². The van der Waals surface area contributed by atoms with Gasteiger partial charge < -0.3 is 0 Å². The molecule has 0 fully saturated rings. The van der Waals surface area contributed by atoms with Crippen molar-refractivity contribution in [1.82, 2.24) is 0 Å². The SMILES string of the molecule is C=CC1=[C](C=C)[Pb][CH2]C1. The zero-order chi connectivity index (χ0) is 6.69. The summed E-state index contributed by atoms with van der Waals surface area (Å²) in [6, 6.07) is 0. The third-order valence-corrected chi connectivity index (χ3v) is 6.97. The third kappa shape index (κ3) is 1.54. The molecule has 2 radical (unpaired) electrons. The van der Waals surface area contributed by atoms with E-state index < -0.39 is 0 Å². The standard InChI is InChI=1S/C8H10.Pb/c1-4-7-8(5-2)6-3;/h4-5H,1-3,6H2;. The first-order valence-electron chi connectivity index (χ1n) is 3.10. The van der Waals surface area contributed by atoms with Crippen LogP contribution in [0.2, 0.25) is 3.98 Å². The second kappa shape index (κ2) is 3.35. The molecule has 1 rings (SSSR count). The summed E-state index contributed by atoms with van der Waals surface area (Å²) >= 11 is -0.355. The molecule has 0 spiro atoms. The van der Waals surface area contributed by atoms with Crippen LogP contribution in [0.3, 0.4) is 0 Å². The normalized spacial score (nSPS) is 18.2. The van der Waals surface area contributed by atoms with E-state index in [-0.39, 0.29) is 24.2 Å². The van der Waals surface area contributed by atoms with Gasteiger partial charge in [-0.25, -0.2) is 0 Å². The Kier molecular flexibility index (Phi) is 2.70. The van der Waals surface area contributed by atoms with E-state index in [2.05, 4.69) is 13.2 Å². The summed E-state index contributed by atoms with van der Waals surface area (Å²) in [5.41, 5.74) is 1.48. The number of allylic oxidation sites excluding steroid dienone is 4. The van der Waals surface area contributed by atoms with Crippen molar-refractivity contribution in [2.45, 2.75) is 10.4 Å². The molecule has 1 aliphatic rings. The second-order valence-electron chi connectivity index (χ2n) is 2.02. The Hall–Kier alpha value is 0.142. The Morgan fingerprint density at radius 3 is 2.56 bits per heavy atom. The molecule has 0 aliphatic carbocycles. The molecule has 0 unspecified atom stereocenters. The van der Waals surface area contributed by atoms with Gasteiger partial charge in [0.25, 0.3) is 0 Å². The average molecular weight is 313 g/mol. The van der Waals surface area contributed by atoms with Gasteiger partial charge in [-0.2, -0.15) is 0 Å². The van der Waals surface area contributed by atoms with Crippen LogP contribution in [0, 0.1) is 0 Å². The molecule has 0 saturated carbocycles. The van der Waals surface area contributed by atoms with Crippen molar-refractivity contribution in [2.24, 2.45) is 0 Å². The Labute approximate surface area is 68.6 Å². The Bertz CT molecular complexity index is 147. The van der Waals surface area contributed by atoms with Gasteiger partial charge in [0.1, 0.15) is 0 Å². The summed E-state index contributed by atoms with van der Waals surface area (Å²) in [6.07, 6.45) is 5.32. The summed E-state index contributed by atoms with van der Waals surface area (Å²) in [7, 11) is 0. The predicted molar refractivity (Wildman–Crippen MR) is 42.6 cm³/mol. The summed E-state index contributed by atoms with van der Waals surface area (Å²) < 4.78 is 3.06. The third-order valence-electron chi connectivity index (χ3n) is 1.51.